The predicted octanol–water partition coefficient (Wildman–Crippen LogP) is 1.86. The van der Waals surface area contributed by atoms with E-state index in [1.54, 1.807) is 24.3 Å². The van der Waals surface area contributed by atoms with Crippen LogP contribution in [0.25, 0.3) is 10.8 Å². The Hall–Kier alpha value is -4.01. The number of hydrogen-bond donors (Lipinski definition) is 1. The molecule has 172 valence electrons. The maximum atomic E-state index is 12.7. The minimum absolute atomic E-state index is 0.0553. The second-order valence-electron chi connectivity index (χ2n) is 7.33. The van der Waals surface area contributed by atoms with Crippen molar-refractivity contribution in [2.45, 2.75) is 32.4 Å². The lowest BCUT2D eigenvalue weighted by Crippen LogP contribution is -2.44. The molecule has 1 N–H and O–H groups in total. The summed E-state index contributed by atoms with van der Waals surface area (Å²) in [7, 11) is 1.23. The van der Waals surface area contributed by atoms with Crippen LogP contribution in [-0.4, -0.2) is 47.4 Å². The largest absolute Gasteiger partial charge is 0.467 e. The number of ether oxygens (including phenoxy) is 2. The van der Waals surface area contributed by atoms with Crippen LogP contribution in [0.1, 0.15) is 29.4 Å². The summed E-state index contributed by atoms with van der Waals surface area (Å²) in [4.78, 5) is 49.8. The summed E-state index contributed by atoms with van der Waals surface area (Å²) in [6.07, 6.45) is 0.875. The lowest BCUT2D eigenvalue weighted by Gasteiger charge is -2.17. The van der Waals surface area contributed by atoms with Crippen LogP contribution in [0.15, 0.2) is 59.4 Å². The maximum Gasteiger partial charge on any atom is 0.359 e. The van der Waals surface area contributed by atoms with Gasteiger partial charge in [-0.05, 0) is 18.1 Å². The van der Waals surface area contributed by atoms with E-state index in [0.717, 1.165) is 5.56 Å². The number of aromatic nitrogens is 2. The first-order valence-electron chi connectivity index (χ1n) is 10.5. The van der Waals surface area contributed by atoms with Crippen molar-refractivity contribution in [3.05, 3.63) is 76.2 Å². The highest BCUT2D eigenvalue weighted by Crippen LogP contribution is 2.14. The monoisotopic (exact) mass is 451 g/mol. The molecule has 9 nitrogen and oxygen atoms in total. The number of hydrogen-bond acceptors (Lipinski definition) is 7. The summed E-state index contributed by atoms with van der Waals surface area (Å²) in [6, 6.07) is 14.8. The molecule has 33 heavy (non-hydrogen) atoms. The molecule has 3 aromatic rings. The van der Waals surface area contributed by atoms with Crippen molar-refractivity contribution in [3.63, 3.8) is 0 Å². The molecule has 1 atom stereocenters. The number of nitrogens with one attached hydrogen (secondary N) is 1. The van der Waals surface area contributed by atoms with Gasteiger partial charge in [0.1, 0.15) is 6.04 Å². The Morgan fingerprint density at radius 2 is 1.70 bits per heavy atom. The van der Waals surface area contributed by atoms with E-state index in [9.17, 15) is 19.2 Å². The summed E-state index contributed by atoms with van der Waals surface area (Å²) in [5, 5.41) is 7.37. The van der Waals surface area contributed by atoms with Gasteiger partial charge in [-0.1, -0.05) is 55.5 Å². The molecule has 1 aromatic heterocycles. The van der Waals surface area contributed by atoms with Gasteiger partial charge < -0.3 is 14.8 Å². The molecule has 2 aromatic carbocycles. The second-order valence-corrected chi connectivity index (χ2v) is 7.33. The lowest BCUT2D eigenvalue weighted by atomic mass is 10.1. The second kappa shape index (κ2) is 11.0. The molecule has 0 aliphatic heterocycles. The molecule has 0 saturated carbocycles. The van der Waals surface area contributed by atoms with Gasteiger partial charge in [0.05, 0.1) is 12.5 Å². The van der Waals surface area contributed by atoms with Crippen LogP contribution in [0.5, 0.6) is 0 Å². The third kappa shape index (κ3) is 5.82. The van der Waals surface area contributed by atoms with Crippen LogP contribution < -0.4 is 10.9 Å². The number of amides is 1. The Bertz CT molecular complexity index is 1210. The van der Waals surface area contributed by atoms with E-state index >= 15 is 0 Å². The Morgan fingerprint density at radius 3 is 2.36 bits per heavy atom. The van der Waals surface area contributed by atoms with E-state index in [1.165, 1.54) is 11.8 Å². The van der Waals surface area contributed by atoms with Gasteiger partial charge in [0.15, 0.2) is 12.3 Å². The van der Waals surface area contributed by atoms with Gasteiger partial charge in [-0.2, -0.15) is 5.10 Å². The number of methoxy groups -OCH3 is 1. The zero-order chi connectivity index (χ0) is 23.8. The Morgan fingerprint density at radius 1 is 1.03 bits per heavy atom. The topological polar surface area (TPSA) is 117 Å². The van der Waals surface area contributed by atoms with Gasteiger partial charge >= 0.3 is 11.9 Å². The van der Waals surface area contributed by atoms with Crippen LogP contribution in [0.2, 0.25) is 0 Å². The lowest BCUT2D eigenvalue weighted by molar-refractivity contribution is -0.145. The smallest absolute Gasteiger partial charge is 0.359 e. The van der Waals surface area contributed by atoms with Crippen molar-refractivity contribution in [2.75, 3.05) is 13.7 Å². The molecule has 0 bridgehead atoms. The third-order valence-corrected chi connectivity index (χ3v) is 4.93. The summed E-state index contributed by atoms with van der Waals surface area (Å²) >= 11 is 0. The van der Waals surface area contributed by atoms with E-state index in [0.29, 0.717) is 23.7 Å². The fourth-order valence-electron chi connectivity index (χ4n) is 3.37. The van der Waals surface area contributed by atoms with Crippen molar-refractivity contribution in [3.8, 4) is 0 Å². The average Bonchev–Trinajstić information content (AvgIpc) is 2.84. The van der Waals surface area contributed by atoms with Crippen molar-refractivity contribution in [1.29, 1.82) is 0 Å². The number of carbonyl (C=O) groups is 3. The van der Waals surface area contributed by atoms with Crippen LogP contribution in [0, 0.1) is 0 Å². The van der Waals surface area contributed by atoms with Crippen LogP contribution in [-0.2, 0) is 32.0 Å². The van der Waals surface area contributed by atoms with Gasteiger partial charge in [-0.3, -0.25) is 9.59 Å². The summed E-state index contributed by atoms with van der Waals surface area (Å²) < 4.78 is 11.1. The van der Waals surface area contributed by atoms with Crippen molar-refractivity contribution in [2.24, 2.45) is 0 Å². The van der Waals surface area contributed by atoms with E-state index in [-0.39, 0.29) is 17.7 Å². The fraction of sp³-hybridized carbons (Fsp3) is 0.292. The summed E-state index contributed by atoms with van der Waals surface area (Å²) in [5.74, 6) is -2.12. The molecule has 0 fully saturated rings. The van der Waals surface area contributed by atoms with Crippen molar-refractivity contribution >= 4 is 28.6 Å². The molecule has 1 heterocycles. The number of aryl methyl sites for hydroxylation is 1. The SMILES string of the molecule is CCCn1nc(C(=O)OCC(=O)NC(Cc2ccccc2)C(=O)OC)c2ccccc2c1=O. The molecule has 1 amide bonds. The van der Waals surface area contributed by atoms with E-state index in [1.807, 2.05) is 37.3 Å². The first-order valence-corrected chi connectivity index (χ1v) is 10.5. The van der Waals surface area contributed by atoms with Gasteiger partial charge in [0.25, 0.3) is 11.5 Å². The predicted molar refractivity (Wildman–Crippen MR) is 121 cm³/mol. The Kier molecular flexibility index (Phi) is 7.91. The molecular weight excluding hydrogens is 426 g/mol. The number of nitrogens with zero attached hydrogens (tertiary/aromatic N) is 2. The molecule has 1 unspecified atom stereocenters. The first-order chi connectivity index (χ1) is 15.9. The molecule has 0 aliphatic rings. The molecule has 3 rings (SSSR count). The summed E-state index contributed by atoms with van der Waals surface area (Å²) in [6.45, 7) is 1.60. The van der Waals surface area contributed by atoms with Gasteiger partial charge in [-0.25, -0.2) is 14.3 Å². The molecule has 9 heteroatoms. The van der Waals surface area contributed by atoms with Gasteiger partial charge in [-0.15, -0.1) is 0 Å². The van der Waals surface area contributed by atoms with Gasteiger partial charge in [0, 0.05) is 18.4 Å². The zero-order valence-corrected chi connectivity index (χ0v) is 18.4. The molecular formula is C24H25N3O6. The molecule has 0 saturated heterocycles. The first kappa shape index (κ1) is 23.6. The highest BCUT2D eigenvalue weighted by Gasteiger charge is 2.24. The molecule has 0 radical (unpaired) electrons. The fourth-order valence-corrected chi connectivity index (χ4v) is 3.37. The number of benzene rings is 2. The molecule has 0 aliphatic carbocycles. The van der Waals surface area contributed by atoms with E-state index < -0.39 is 30.5 Å². The average molecular weight is 451 g/mol. The quantitative estimate of drug-likeness (QED) is 0.494. The van der Waals surface area contributed by atoms with Gasteiger partial charge in [0.2, 0.25) is 0 Å². The standard InChI is InChI=1S/C24H25N3O6/c1-3-13-27-22(29)18-12-8-7-11-17(18)21(26-27)24(31)33-15-20(28)25-19(23(30)32-2)14-16-9-5-4-6-10-16/h4-12,19H,3,13-15H2,1-2H3,(H,25,28). The highest BCUT2D eigenvalue weighted by atomic mass is 16.5. The Balaban J connectivity index is 1.72. The Labute approximate surface area is 190 Å². The minimum Gasteiger partial charge on any atom is -0.467 e. The number of rotatable bonds is 9. The number of fused-ring (bicyclic) bond motifs is 1. The number of esters is 2. The van der Waals surface area contributed by atoms with Crippen molar-refractivity contribution in [1.82, 2.24) is 15.1 Å². The molecule has 0 spiro atoms. The third-order valence-electron chi connectivity index (χ3n) is 4.93. The number of carbonyl (C=O) groups excluding carboxylic acids is 3. The normalized spacial score (nSPS) is 11.6. The van der Waals surface area contributed by atoms with E-state index in [2.05, 4.69) is 10.4 Å². The van der Waals surface area contributed by atoms with Crippen LogP contribution >= 0.6 is 0 Å². The minimum atomic E-state index is -0.936. The zero-order valence-electron chi connectivity index (χ0n) is 18.4. The summed E-state index contributed by atoms with van der Waals surface area (Å²) in [5.41, 5.74) is 0.475. The van der Waals surface area contributed by atoms with Crippen molar-refractivity contribution < 1.29 is 23.9 Å². The highest BCUT2D eigenvalue weighted by molar-refractivity contribution is 6.02. The van der Waals surface area contributed by atoms with Crippen LogP contribution in [0.4, 0.5) is 0 Å². The van der Waals surface area contributed by atoms with Crippen LogP contribution in [0.3, 0.4) is 0 Å². The van der Waals surface area contributed by atoms with E-state index in [4.69, 9.17) is 9.47 Å². The maximum absolute atomic E-state index is 12.7.